The summed E-state index contributed by atoms with van der Waals surface area (Å²) in [7, 11) is -2.82. The fraction of sp³-hybridized carbons (Fsp3) is 1.00. The van der Waals surface area contributed by atoms with Gasteiger partial charge in [0.25, 0.3) is 0 Å². The predicted octanol–water partition coefficient (Wildman–Crippen LogP) is 1.27. The Morgan fingerprint density at radius 2 is 2.06 bits per heavy atom. The molecular formula is C13H28N2O2S. The Morgan fingerprint density at radius 3 is 2.61 bits per heavy atom. The smallest absolute Gasteiger partial charge is 0.147 e. The normalized spacial score (nSPS) is 26.4. The minimum atomic E-state index is -2.82. The van der Waals surface area contributed by atoms with E-state index in [2.05, 4.69) is 24.1 Å². The summed E-state index contributed by atoms with van der Waals surface area (Å²) in [4.78, 5) is 2.49. The molecule has 0 spiro atoms. The molecule has 1 N–H and O–H groups in total. The Hall–Kier alpha value is -0.130. The van der Waals surface area contributed by atoms with Gasteiger partial charge in [0.15, 0.2) is 0 Å². The minimum Gasteiger partial charge on any atom is -0.311 e. The summed E-state index contributed by atoms with van der Waals surface area (Å²) in [5, 5.41) is 3.58. The lowest BCUT2D eigenvalue weighted by Gasteiger charge is -2.40. The molecule has 0 aromatic carbocycles. The quantitative estimate of drug-likeness (QED) is 0.761. The van der Waals surface area contributed by atoms with E-state index >= 15 is 0 Å². The zero-order chi connectivity index (χ0) is 13.6. The topological polar surface area (TPSA) is 49.4 Å². The largest absolute Gasteiger partial charge is 0.311 e. The monoisotopic (exact) mass is 276 g/mol. The molecule has 0 bridgehead atoms. The van der Waals surface area contributed by atoms with Crippen molar-refractivity contribution in [1.82, 2.24) is 10.2 Å². The Bertz CT molecular complexity index is 330. The van der Waals surface area contributed by atoms with E-state index in [1.54, 1.807) is 0 Å². The van der Waals surface area contributed by atoms with Crippen LogP contribution in [0.5, 0.6) is 0 Å². The van der Waals surface area contributed by atoms with Crippen molar-refractivity contribution in [2.24, 2.45) is 0 Å². The van der Waals surface area contributed by atoms with Crippen LogP contribution >= 0.6 is 0 Å². The standard InChI is InChI=1S/C13H28N2O2S/c1-4-7-13-10-14-12(5-2)11-15(13)8-6-9-18(3,16)17/h12-14H,4-11H2,1-3H3. The number of sulfone groups is 1. The maximum Gasteiger partial charge on any atom is 0.147 e. The first-order chi connectivity index (χ1) is 8.46. The Morgan fingerprint density at radius 1 is 1.33 bits per heavy atom. The van der Waals surface area contributed by atoms with E-state index in [1.165, 1.54) is 19.1 Å². The number of piperazine rings is 1. The molecule has 108 valence electrons. The van der Waals surface area contributed by atoms with Gasteiger partial charge >= 0.3 is 0 Å². The lowest BCUT2D eigenvalue weighted by Crippen LogP contribution is -2.56. The van der Waals surface area contributed by atoms with Crippen molar-refractivity contribution < 1.29 is 8.42 Å². The SMILES string of the molecule is CCCC1CNC(CC)CN1CCCS(C)(=O)=O. The molecule has 1 aliphatic rings. The first kappa shape index (κ1) is 15.9. The third kappa shape index (κ3) is 5.67. The Kier molecular flexibility index (Phi) is 6.60. The van der Waals surface area contributed by atoms with Gasteiger partial charge in [0, 0.05) is 31.4 Å². The molecule has 1 aliphatic heterocycles. The van der Waals surface area contributed by atoms with E-state index < -0.39 is 9.84 Å². The molecule has 0 aromatic heterocycles. The molecular weight excluding hydrogens is 248 g/mol. The molecule has 2 atom stereocenters. The summed E-state index contributed by atoms with van der Waals surface area (Å²) in [5.74, 6) is 0.312. The predicted molar refractivity (Wildman–Crippen MR) is 76.7 cm³/mol. The van der Waals surface area contributed by atoms with Crippen molar-refractivity contribution in [2.75, 3.05) is 31.6 Å². The van der Waals surface area contributed by atoms with E-state index in [0.717, 1.165) is 32.5 Å². The molecule has 0 amide bonds. The van der Waals surface area contributed by atoms with Gasteiger partial charge in [0.1, 0.15) is 9.84 Å². The highest BCUT2D eigenvalue weighted by atomic mass is 32.2. The first-order valence-electron chi connectivity index (χ1n) is 7.11. The second kappa shape index (κ2) is 7.46. The van der Waals surface area contributed by atoms with Gasteiger partial charge in [-0.2, -0.15) is 0 Å². The van der Waals surface area contributed by atoms with Gasteiger partial charge in [-0.3, -0.25) is 4.90 Å². The van der Waals surface area contributed by atoms with Crippen LogP contribution in [0.25, 0.3) is 0 Å². The number of hydrogen-bond donors (Lipinski definition) is 1. The van der Waals surface area contributed by atoms with Gasteiger partial charge < -0.3 is 5.32 Å². The molecule has 5 heteroatoms. The maximum absolute atomic E-state index is 11.2. The fourth-order valence-electron chi connectivity index (χ4n) is 2.62. The average molecular weight is 276 g/mol. The molecule has 1 heterocycles. The summed E-state index contributed by atoms with van der Waals surface area (Å²) < 4.78 is 22.3. The van der Waals surface area contributed by atoms with Crippen molar-refractivity contribution in [3.05, 3.63) is 0 Å². The van der Waals surface area contributed by atoms with E-state index in [-0.39, 0.29) is 0 Å². The highest BCUT2D eigenvalue weighted by Crippen LogP contribution is 2.14. The summed E-state index contributed by atoms with van der Waals surface area (Å²) in [6, 6.07) is 1.15. The van der Waals surface area contributed by atoms with Crippen LogP contribution in [0.4, 0.5) is 0 Å². The van der Waals surface area contributed by atoms with Crippen molar-refractivity contribution in [3.8, 4) is 0 Å². The lowest BCUT2D eigenvalue weighted by atomic mass is 10.0. The highest BCUT2D eigenvalue weighted by molar-refractivity contribution is 7.90. The van der Waals surface area contributed by atoms with Gasteiger partial charge in [-0.15, -0.1) is 0 Å². The number of rotatable bonds is 7. The Balaban J connectivity index is 2.45. The van der Waals surface area contributed by atoms with Gasteiger partial charge in [-0.1, -0.05) is 20.3 Å². The van der Waals surface area contributed by atoms with Crippen LogP contribution in [0.15, 0.2) is 0 Å². The molecule has 2 unspecified atom stereocenters. The second-order valence-corrected chi connectivity index (χ2v) is 7.69. The van der Waals surface area contributed by atoms with Crippen LogP contribution < -0.4 is 5.32 Å². The van der Waals surface area contributed by atoms with E-state index in [4.69, 9.17) is 0 Å². The third-order valence-corrected chi connectivity index (χ3v) is 4.72. The molecule has 4 nitrogen and oxygen atoms in total. The zero-order valence-corrected chi connectivity index (χ0v) is 12.8. The first-order valence-corrected chi connectivity index (χ1v) is 9.17. The molecule has 18 heavy (non-hydrogen) atoms. The van der Waals surface area contributed by atoms with E-state index in [1.807, 2.05) is 0 Å². The van der Waals surface area contributed by atoms with Gasteiger partial charge in [-0.25, -0.2) is 8.42 Å². The van der Waals surface area contributed by atoms with Gasteiger partial charge in [-0.05, 0) is 25.8 Å². The number of hydrogen-bond acceptors (Lipinski definition) is 4. The fourth-order valence-corrected chi connectivity index (χ4v) is 3.28. The van der Waals surface area contributed by atoms with Crippen LogP contribution in [0, 0.1) is 0 Å². The number of nitrogens with zero attached hydrogens (tertiary/aromatic N) is 1. The van der Waals surface area contributed by atoms with Gasteiger partial charge in [0.2, 0.25) is 0 Å². The van der Waals surface area contributed by atoms with E-state index in [9.17, 15) is 8.42 Å². The molecule has 0 radical (unpaired) electrons. The van der Waals surface area contributed by atoms with Crippen LogP contribution in [0.3, 0.4) is 0 Å². The minimum absolute atomic E-state index is 0.312. The van der Waals surface area contributed by atoms with Gasteiger partial charge in [0.05, 0.1) is 5.75 Å². The molecule has 1 rings (SSSR count). The van der Waals surface area contributed by atoms with E-state index in [0.29, 0.717) is 17.8 Å². The molecule has 1 fully saturated rings. The Labute approximate surface area is 112 Å². The summed E-state index contributed by atoms with van der Waals surface area (Å²) in [6.07, 6.45) is 5.61. The van der Waals surface area contributed by atoms with Crippen molar-refractivity contribution in [1.29, 1.82) is 0 Å². The number of nitrogens with one attached hydrogen (secondary N) is 1. The van der Waals surface area contributed by atoms with Crippen molar-refractivity contribution >= 4 is 9.84 Å². The van der Waals surface area contributed by atoms with Crippen LogP contribution in [0.1, 0.15) is 39.5 Å². The highest BCUT2D eigenvalue weighted by Gasteiger charge is 2.25. The summed E-state index contributed by atoms with van der Waals surface area (Å²) in [6.45, 7) is 7.43. The van der Waals surface area contributed by atoms with Crippen LogP contribution in [-0.2, 0) is 9.84 Å². The summed E-state index contributed by atoms with van der Waals surface area (Å²) >= 11 is 0. The van der Waals surface area contributed by atoms with Crippen LogP contribution in [-0.4, -0.2) is 57.0 Å². The molecule has 0 aromatic rings. The van der Waals surface area contributed by atoms with Crippen molar-refractivity contribution in [3.63, 3.8) is 0 Å². The zero-order valence-electron chi connectivity index (χ0n) is 12.0. The maximum atomic E-state index is 11.2. The average Bonchev–Trinajstić information content (AvgIpc) is 2.30. The molecule has 1 saturated heterocycles. The van der Waals surface area contributed by atoms with Crippen molar-refractivity contribution in [2.45, 2.75) is 51.6 Å². The third-order valence-electron chi connectivity index (χ3n) is 3.69. The summed E-state index contributed by atoms with van der Waals surface area (Å²) in [5.41, 5.74) is 0. The molecule has 0 saturated carbocycles. The lowest BCUT2D eigenvalue weighted by molar-refractivity contribution is 0.121. The second-order valence-electron chi connectivity index (χ2n) is 5.43. The molecule has 0 aliphatic carbocycles. The van der Waals surface area contributed by atoms with Crippen LogP contribution in [0.2, 0.25) is 0 Å².